The van der Waals surface area contributed by atoms with Gasteiger partial charge in [0.15, 0.2) is 0 Å². The molecule has 0 spiro atoms. The van der Waals surface area contributed by atoms with E-state index in [9.17, 15) is 22.0 Å². The van der Waals surface area contributed by atoms with Crippen molar-refractivity contribution in [2.45, 2.75) is 42.9 Å². The van der Waals surface area contributed by atoms with Gasteiger partial charge in [0.25, 0.3) is 0 Å². The lowest BCUT2D eigenvalue weighted by atomic mass is 10.00. The van der Waals surface area contributed by atoms with Crippen LogP contribution in [0, 0.1) is 0 Å². The number of carbonyl (C=O) groups is 1. The van der Waals surface area contributed by atoms with E-state index in [1.807, 2.05) is 0 Å². The molecule has 1 aromatic rings. The minimum Gasteiger partial charge on any atom is -0.326 e. The Balaban J connectivity index is 2.93. The summed E-state index contributed by atoms with van der Waals surface area (Å²) in [5.41, 5.74) is 5.04. The number of carbonyl (C=O) groups excluding carboxylic acids is 1. The third-order valence-electron chi connectivity index (χ3n) is 2.70. The van der Waals surface area contributed by atoms with Gasteiger partial charge >= 0.3 is 5.76 Å². The standard InChI is InChI=1S/C13H18F2N2O3S/c1-13(2,16)8-7-11(18)17-9-5-3-4-6-10(9)21(19,20)12(14)15/h3-6,12H,7-8,16H2,1-2H3,(H,17,18). The number of benzene rings is 1. The Morgan fingerprint density at radius 1 is 1.33 bits per heavy atom. The number of anilines is 1. The number of para-hydroxylation sites is 1. The van der Waals surface area contributed by atoms with Crippen molar-refractivity contribution in [3.63, 3.8) is 0 Å². The van der Waals surface area contributed by atoms with E-state index in [4.69, 9.17) is 5.73 Å². The van der Waals surface area contributed by atoms with Gasteiger partial charge in [0.1, 0.15) is 0 Å². The number of nitrogens with two attached hydrogens (primary N) is 1. The van der Waals surface area contributed by atoms with Gasteiger partial charge < -0.3 is 11.1 Å². The zero-order valence-corrected chi connectivity index (χ0v) is 12.6. The minimum atomic E-state index is -4.77. The van der Waals surface area contributed by atoms with Gasteiger partial charge in [-0.3, -0.25) is 4.79 Å². The Kier molecular flexibility index (Phi) is 5.41. The van der Waals surface area contributed by atoms with Crippen LogP contribution in [0.1, 0.15) is 26.7 Å². The van der Waals surface area contributed by atoms with Crippen molar-refractivity contribution >= 4 is 21.4 Å². The van der Waals surface area contributed by atoms with E-state index < -0.39 is 31.9 Å². The Hall–Kier alpha value is -1.54. The first-order valence-corrected chi connectivity index (χ1v) is 7.78. The summed E-state index contributed by atoms with van der Waals surface area (Å²) in [5, 5.41) is 2.34. The molecule has 118 valence electrons. The number of halogens is 2. The molecule has 8 heteroatoms. The Morgan fingerprint density at radius 3 is 2.43 bits per heavy atom. The van der Waals surface area contributed by atoms with Crippen molar-refractivity contribution in [3.05, 3.63) is 24.3 Å². The number of nitrogens with one attached hydrogen (secondary N) is 1. The van der Waals surface area contributed by atoms with Crippen molar-refractivity contribution in [3.8, 4) is 0 Å². The van der Waals surface area contributed by atoms with Crippen molar-refractivity contribution in [1.29, 1.82) is 0 Å². The Bertz CT molecular complexity index is 610. The average Bonchev–Trinajstić information content (AvgIpc) is 2.36. The zero-order valence-electron chi connectivity index (χ0n) is 11.8. The maximum absolute atomic E-state index is 12.6. The van der Waals surface area contributed by atoms with Crippen molar-refractivity contribution in [1.82, 2.24) is 0 Å². The molecule has 5 nitrogen and oxygen atoms in total. The maximum Gasteiger partial charge on any atom is 0.341 e. The van der Waals surface area contributed by atoms with Crippen LogP contribution in [0.3, 0.4) is 0 Å². The summed E-state index contributed by atoms with van der Waals surface area (Å²) < 4.78 is 48.3. The van der Waals surface area contributed by atoms with E-state index in [0.717, 1.165) is 6.07 Å². The zero-order chi connectivity index (χ0) is 16.3. The molecular formula is C13H18F2N2O3S. The van der Waals surface area contributed by atoms with Gasteiger partial charge in [-0.25, -0.2) is 8.42 Å². The lowest BCUT2D eigenvalue weighted by Crippen LogP contribution is -2.33. The van der Waals surface area contributed by atoms with Crippen LogP contribution in [-0.2, 0) is 14.6 Å². The molecule has 0 bridgehead atoms. The topological polar surface area (TPSA) is 89.3 Å². The molecule has 0 saturated heterocycles. The fourth-order valence-electron chi connectivity index (χ4n) is 1.56. The number of hydrogen-bond donors (Lipinski definition) is 2. The first-order valence-electron chi connectivity index (χ1n) is 6.24. The van der Waals surface area contributed by atoms with E-state index >= 15 is 0 Å². The monoisotopic (exact) mass is 320 g/mol. The van der Waals surface area contributed by atoms with Crippen LogP contribution >= 0.6 is 0 Å². The van der Waals surface area contributed by atoms with Crippen molar-refractivity contribution in [2.24, 2.45) is 5.73 Å². The molecule has 0 aliphatic carbocycles. The van der Waals surface area contributed by atoms with Gasteiger partial charge in [0.2, 0.25) is 15.7 Å². The highest BCUT2D eigenvalue weighted by Crippen LogP contribution is 2.26. The number of alkyl halides is 2. The lowest BCUT2D eigenvalue weighted by molar-refractivity contribution is -0.116. The third kappa shape index (κ3) is 5.05. The molecule has 3 N–H and O–H groups in total. The third-order valence-corrected chi connectivity index (χ3v) is 4.14. The molecular weight excluding hydrogens is 302 g/mol. The second kappa shape index (κ2) is 6.48. The first kappa shape index (κ1) is 17.5. The Labute approximate surface area is 122 Å². The smallest absolute Gasteiger partial charge is 0.326 e. The van der Waals surface area contributed by atoms with Gasteiger partial charge in [0, 0.05) is 12.0 Å². The van der Waals surface area contributed by atoms with Crippen LogP contribution in [0.25, 0.3) is 0 Å². The van der Waals surface area contributed by atoms with Crippen LogP contribution in [0.4, 0.5) is 14.5 Å². The lowest BCUT2D eigenvalue weighted by Gasteiger charge is -2.18. The molecule has 21 heavy (non-hydrogen) atoms. The number of sulfone groups is 1. The summed E-state index contributed by atoms with van der Waals surface area (Å²) in [6.07, 6.45) is 0.440. The predicted octanol–water partition coefficient (Wildman–Crippen LogP) is 2.14. The quantitative estimate of drug-likeness (QED) is 0.840. The normalized spacial score (nSPS) is 12.5. The molecule has 0 unspecified atom stereocenters. The molecule has 0 atom stereocenters. The van der Waals surface area contributed by atoms with Gasteiger partial charge in [0.05, 0.1) is 10.6 Å². The molecule has 1 rings (SSSR count). The van der Waals surface area contributed by atoms with E-state index in [2.05, 4.69) is 5.32 Å². The van der Waals surface area contributed by atoms with Crippen LogP contribution in [0.15, 0.2) is 29.2 Å². The second-order valence-corrected chi connectivity index (χ2v) is 7.22. The largest absolute Gasteiger partial charge is 0.341 e. The van der Waals surface area contributed by atoms with E-state index in [0.29, 0.717) is 6.42 Å². The number of rotatable bonds is 6. The fourth-order valence-corrected chi connectivity index (χ4v) is 2.45. The molecule has 0 aliphatic heterocycles. The van der Waals surface area contributed by atoms with Gasteiger partial charge in [-0.2, -0.15) is 8.78 Å². The summed E-state index contributed by atoms with van der Waals surface area (Å²) in [7, 11) is -4.77. The number of amides is 1. The van der Waals surface area contributed by atoms with Crippen molar-refractivity contribution in [2.75, 3.05) is 5.32 Å². The molecule has 1 aromatic carbocycles. The molecule has 0 fully saturated rings. The highest BCUT2D eigenvalue weighted by atomic mass is 32.2. The van der Waals surface area contributed by atoms with Crippen LogP contribution in [0.5, 0.6) is 0 Å². The molecule has 1 amide bonds. The van der Waals surface area contributed by atoms with Gasteiger partial charge in [-0.15, -0.1) is 0 Å². The van der Waals surface area contributed by atoms with Gasteiger partial charge in [-0.1, -0.05) is 12.1 Å². The highest BCUT2D eigenvalue weighted by Gasteiger charge is 2.29. The predicted molar refractivity (Wildman–Crippen MR) is 75.8 cm³/mol. The second-order valence-electron chi connectivity index (χ2n) is 5.34. The van der Waals surface area contributed by atoms with E-state index in [1.165, 1.54) is 18.2 Å². The van der Waals surface area contributed by atoms with Crippen LogP contribution in [-0.4, -0.2) is 25.6 Å². The van der Waals surface area contributed by atoms with E-state index in [-0.39, 0.29) is 12.1 Å². The molecule has 0 saturated carbocycles. The fraction of sp³-hybridized carbons (Fsp3) is 0.462. The molecule has 0 heterocycles. The summed E-state index contributed by atoms with van der Waals surface area (Å²) in [4.78, 5) is 11.2. The summed E-state index contributed by atoms with van der Waals surface area (Å²) >= 11 is 0. The van der Waals surface area contributed by atoms with Crippen molar-refractivity contribution < 1.29 is 22.0 Å². The molecule has 0 aromatic heterocycles. The van der Waals surface area contributed by atoms with Crippen LogP contribution in [0.2, 0.25) is 0 Å². The first-order chi connectivity index (χ1) is 9.54. The highest BCUT2D eigenvalue weighted by molar-refractivity contribution is 7.91. The summed E-state index contributed by atoms with van der Waals surface area (Å²) in [5.74, 6) is -4.02. The molecule has 0 radical (unpaired) electrons. The minimum absolute atomic E-state index is 0.0621. The summed E-state index contributed by atoms with van der Waals surface area (Å²) in [6, 6.07) is 5.06. The SMILES string of the molecule is CC(C)(N)CCC(=O)Nc1ccccc1S(=O)(=O)C(F)F. The Morgan fingerprint density at radius 2 is 1.90 bits per heavy atom. The number of hydrogen-bond acceptors (Lipinski definition) is 4. The average molecular weight is 320 g/mol. The van der Waals surface area contributed by atoms with E-state index in [1.54, 1.807) is 13.8 Å². The van der Waals surface area contributed by atoms with Gasteiger partial charge in [-0.05, 0) is 32.4 Å². The van der Waals surface area contributed by atoms with Crippen LogP contribution < -0.4 is 11.1 Å². The molecule has 0 aliphatic rings. The maximum atomic E-state index is 12.6. The summed E-state index contributed by atoms with van der Waals surface area (Å²) in [6.45, 7) is 3.49.